The lowest BCUT2D eigenvalue weighted by Gasteiger charge is -2.13. The third-order valence-electron chi connectivity index (χ3n) is 4.25. The minimum absolute atomic E-state index is 0.141. The molecule has 7 nitrogen and oxygen atoms in total. The zero-order valence-electron chi connectivity index (χ0n) is 15.6. The van der Waals surface area contributed by atoms with Gasteiger partial charge >= 0.3 is 6.03 Å². The summed E-state index contributed by atoms with van der Waals surface area (Å²) in [6.45, 7) is 0.141. The number of carbonyl (C=O) groups excluding carboxylic acids is 2. The molecule has 1 heterocycles. The maximum Gasteiger partial charge on any atom is 0.329 e. The van der Waals surface area contributed by atoms with Gasteiger partial charge in [0.15, 0.2) is 11.5 Å². The van der Waals surface area contributed by atoms with Gasteiger partial charge in [-0.2, -0.15) is 0 Å². The van der Waals surface area contributed by atoms with E-state index in [4.69, 9.17) is 25.8 Å². The van der Waals surface area contributed by atoms with Gasteiger partial charge in [-0.05, 0) is 29.8 Å². The van der Waals surface area contributed by atoms with E-state index in [1.165, 1.54) is 21.3 Å². The van der Waals surface area contributed by atoms with E-state index in [1.54, 1.807) is 42.5 Å². The molecule has 0 bridgehead atoms. The molecule has 0 unspecified atom stereocenters. The van der Waals surface area contributed by atoms with Gasteiger partial charge in [-0.15, -0.1) is 0 Å². The first kappa shape index (κ1) is 19.6. The summed E-state index contributed by atoms with van der Waals surface area (Å²) in [6.07, 6.45) is 1.54. The minimum atomic E-state index is -0.495. The molecular formula is C20H19ClN2O5. The summed E-state index contributed by atoms with van der Waals surface area (Å²) in [6, 6.07) is 9.78. The number of benzene rings is 2. The van der Waals surface area contributed by atoms with Crippen molar-refractivity contribution >= 4 is 29.6 Å². The van der Waals surface area contributed by atoms with Gasteiger partial charge in [-0.1, -0.05) is 23.7 Å². The number of halogens is 1. The molecule has 0 aliphatic carbocycles. The number of rotatable bonds is 6. The van der Waals surface area contributed by atoms with E-state index < -0.39 is 11.9 Å². The number of carbonyl (C=O) groups is 2. The van der Waals surface area contributed by atoms with Gasteiger partial charge in [0.2, 0.25) is 0 Å². The number of methoxy groups -OCH3 is 3. The monoisotopic (exact) mass is 402 g/mol. The number of nitrogens with zero attached hydrogens (tertiary/aromatic N) is 1. The molecule has 0 spiro atoms. The van der Waals surface area contributed by atoms with E-state index in [9.17, 15) is 9.59 Å². The maximum atomic E-state index is 12.7. The third-order valence-corrected chi connectivity index (χ3v) is 4.50. The largest absolute Gasteiger partial charge is 0.496 e. The van der Waals surface area contributed by atoms with Crippen LogP contribution in [-0.4, -0.2) is 38.2 Å². The Labute approximate surface area is 167 Å². The fourth-order valence-corrected chi connectivity index (χ4v) is 2.93. The van der Waals surface area contributed by atoms with Crippen molar-refractivity contribution in [1.29, 1.82) is 0 Å². The highest BCUT2D eigenvalue weighted by atomic mass is 35.5. The average Bonchev–Trinajstić information content (AvgIpc) is 2.96. The second-order valence-corrected chi connectivity index (χ2v) is 6.39. The molecule has 2 aromatic carbocycles. The van der Waals surface area contributed by atoms with Crippen LogP contribution < -0.4 is 19.5 Å². The Morgan fingerprint density at radius 2 is 1.57 bits per heavy atom. The molecule has 0 saturated carbocycles. The van der Waals surface area contributed by atoms with Crippen molar-refractivity contribution in [3.63, 3.8) is 0 Å². The summed E-state index contributed by atoms with van der Waals surface area (Å²) >= 11 is 5.87. The number of hydrogen-bond donors (Lipinski definition) is 1. The van der Waals surface area contributed by atoms with Gasteiger partial charge in [0.25, 0.3) is 5.91 Å². The van der Waals surface area contributed by atoms with Crippen molar-refractivity contribution in [3.05, 3.63) is 58.2 Å². The smallest absolute Gasteiger partial charge is 0.329 e. The first-order chi connectivity index (χ1) is 13.5. The molecule has 1 saturated heterocycles. The molecule has 1 aliphatic heterocycles. The van der Waals surface area contributed by atoms with Gasteiger partial charge in [-0.25, -0.2) is 4.79 Å². The van der Waals surface area contributed by atoms with Crippen molar-refractivity contribution in [3.8, 4) is 17.2 Å². The van der Waals surface area contributed by atoms with Crippen molar-refractivity contribution in [2.24, 2.45) is 0 Å². The van der Waals surface area contributed by atoms with E-state index >= 15 is 0 Å². The lowest BCUT2D eigenvalue weighted by molar-refractivity contribution is -0.123. The first-order valence-electron chi connectivity index (χ1n) is 8.35. The molecule has 146 valence electrons. The summed E-state index contributed by atoms with van der Waals surface area (Å²) in [5.41, 5.74) is 1.50. The average molecular weight is 403 g/mol. The molecule has 8 heteroatoms. The molecule has 0 aromatic heterocycles. The predicted octanol–water partition coefficient (Wildman–Crippen LogP) is 3.46. The topological polar surface area (TPSA) is 77.1 Å². The van der Waals surface area contributed by atoms with Crippen LogP contribution in [0.15, 0.2) is 42.1 Å². The van der Waals surface area contributed by atoms with Gasteiger partial charge in [0.05, 0.1) is 27.9 Å². The summed E-state index contributed by atoms with van der Waals surface area (Å²) in [7, 11) is 4.54. The lowest BCUT2D eigenvalue weighted by Crippen LogP contribution is -2.30. The van der Waals surface area contributed by atoms with Crippen LogP contribution in [0.25, 0.3) is 6.08 Å². The zero-order valence-corrected chi connectivity index (χ0v) is 16.4. The predicted molar refractivity (Wildman–Crippen MR) is 105 cm³/mol. The summed E-state index contributed by atoms with van der Waals surface area (Å²) in [5.74, 6) is 1.01. The highest BCUT2D eigenvalue weighted by molar-refractivity contribution is 6.30. The quantitative estimate of drug-likeness (QED) is 0.591. The van der Waals surface area contributed by atoms with Gasteiger partial charge in [0.1, 0.15) is 11.4 Å². The molecule has 1 fully saturated rings. The second kappa shape index (κ2) is 8.22. The standard InChI is InChI=1S/C20H19ClN2O5/c1-26-16-10-18(28-3)17(27-2)9-13(16)8-15-19(24)23(20(25)22-15)11-12-4-6-14(21)7-5-12/h4-10H,11H2,1-3H3,(H,22,25). The van der Waals surface area contributed by atoms with Crippen LogP contribution in [-0.2, 0) is 11.3 Å². The van der Waals surface area contributed by atoms with Crippen LogP contribution in [0.1, 0.15) is 11.1 Å². The van der Waals surface area contributed by atoms with Crippen LogP contribution in [0.3, 0.4) is 0 Å². The third kappa shape index (κ3) is 3.89. The van der Waals surface area contributed by atoms with E-state index in [2.05, 4.69) is 5.32 Å². The Hall–Kier alpha value is -3.19. The molecule has 1 N–H and O–H groups in total. The van der Waals surface area contributed by atoms with Crippen LogP contribution >= 0.6 is 11.6 Å². The van der Waals surface area contributed by atoms with E-state index in [1.807, 2.05) is 0 Å². The van der Waals surface area contributed by atoms with Gasteiger partial charge in [0, 0.05) is 16.7 Å². The van der Waals surface area contributed by atoms with E-state index in [-0.39, 0.29) is 12.2 Å². The Kier molecular flexibility index (Phi) is 5.75. The van der Waals surface area contributed by atoms with E-state index in [0.717, 1.165) is 10.5 Å². The molecule has 2 aromatic rings. The molecule has 3 rings (SSSR count). The van der Waals surface area contributed by atoms with Gasteiger partial charge < -0.3 is 19.5 Å². The van der Waals surface area contributed by atoms with Crippen LogP contribution in [0.2, 0.25) is 5.02 Å². The highest BCUT2D eigenvalue weighted by Gasteiger charge is 2.33. The van der Waals surface area contributed by atoms with Crippen molar-refractivity contribution in [2.45, 2.75) is 6.54 Å². The zero-order chi connectivity index (χ0) is 20.3. The van der Waals surface area contributed by atoms with Crippen molar-refractivity contribution in [1.82, 2.24) is 10.2 Å². The maximum absolute atomic E-state index is 12.7. The van der Waals surface area contributed by atoms with Crippen LogP contribution in [0.4, 0.5) is 4.79 Å². The number of hydrogen-bond acceptors (Lipinski definition) is 5. The second-order valence-electron chi connectivity index (χ2n) is 5.96. The Balaban J connectivity index is 1.90. The van der Waals surface area contributed by atoms with Crippen molar-refractivity contribution in [2.75, 3.05) is 21.3 Å². The molecular weight excluding hydrogens is 384 g/mol. The number of nitrogens with one attached hydrogen (secondary N) is 1. The number of urea groups is 1. The molecule has 0 atom stereocenters. The Bertz CT molecular complexity index is 940. The van der Waals surface area contributed by atoms with Crippen LogP contribution in [0, 0.1) is 0 Å². The normalized spacial score (nSPS) is 15.0. The van der Waals surface area contributed by atoms with Crippen LogP contribution in [0.5, 0.6) is 17.2 Å². The number of imide groups is 1. The fourth-order valence-electron chi connectivity index (χ4n) is 2.81. The molecule has 0 radical (unpaired) electrons. The number of amides is 3. The van der Waals surface area contributed by atoms with Crippen molar-refractivity contribution < 1.29 is 23.8 Å². The summed E-state index contributed by atoms with van der Waals surface area (Å²) in [4.78, 5) is 26.1. The molecule has 1 aliphatic rings. The highest BCUT2D eigenvalue weighted by Crippen LogP contribution is 2.36. The Morgan fingerprint density at radius 3 is 2.18 bits per heavy atom. The lowest BCUT2D eigenvalue weighted by atomic mass is 10.1. The molecule has 3 amide bonds. The summed E-state index contributed by atoms with van der Waals surface area (Å²) < 4.78 is 15.9. The van der Waals surface area contributed by atoms with Gasteiger partial charge in [-0.3, -0.25) is 9.69 Å². The Morgan fingerprint density at radius 1 is 0.964 bits per heavy atom. The molecule has 28 heavy (non-hydrogen) atoms. The first-order valence-corrected chi connectivity index (χ1v) is 8.73. The summed E-state index contributed by atoms with van der Waals surface area (Å²) in [5, 5.41) is 3.18. The van der Waals surface area contributed by atoms with E-state index in [0.29, 0.717) is 27.8 Å². The fraction of sp³-hybridized carbons (Fsp3) is 0.200. The minimum Gasteiger partial charge on any atom is -0.496 e. The SMILES string of the molecule is COc1cc(OC)c(OC)cc1C=C1NC(=O)N(Cc2ccc(Cl)cc2)C1=O. The number of ether oxygens (including phenoxy) is 3.